The molecule has 1 fully saturated rings. The van der Waals surface area contributed by atoms with Crippen LogP contribution in [0.25, 0.3) is 0 Å². The fourth-order valence-electron chi connectivity index (χ4n) is 1.79. The van der Waals surface area contributed by atoms with E-state index in [1.165, 1.54) is 0 Å². The van der Waals surface area contributed by atoms with E-state index in [1.54, 1.807) is 31.2 Å². The average molecular weight is 255 g/mol. The topological polar surface area (TPSA) is 105 Å². The molecule has 0 bridgehead atoms. The van der Waals surface area contributed by atoms with Crippen LogP contribution in [0.15, 0.2) is 24.3 Å². The normalized spacial score (nSPS) is 36.3. The van der Waals surface area contributed by atoms with Crippen LogP contribution in [0.3, 0.4) is 0 Å². The zero-order chi connectivity index (χ0) is 13.3. The minimum absolute atomic E-state index is 0.462. The third-order valence-electron chi connectivity index (χ3n) is 2.94. The fourth-order valence-corrected chi connectivity index (χ4v) is 1.79. The lowest BCUT2D eigenvalue weighted by Gasteiger charge is -2.38. The van der Waals surface area contributed by atoms with E-state index in [9.17, 15) is 15.3 Å². The minimum atomic E-state index is -1.31. The Labute approximate surface area is 105 Å². The maximum absolute atomic E-state index is 9.76. The molecule has 5 atom stereocenters. The van der Waals surface area contributed by atoms with Crippen LogP contribution in [-0.2, 0) is 4.74 Å². The van der Waals surface area contributed by atoms with Gasteiger partial charge in [0.1, 0.15) is 24.1 Å². The molecule has 5 N–H and O–H groups in total. The Morgan fingerprint density at radius 2 is 1.67 bits per heavy atom. The molecular formula is C12H17NO5. The highest BCUT2D eigenvalue weighted by Crippen LogP contribution is 2.24. The Balaban J connectivity index is 2.06. The van der Waals surface area contributed by atoms with Gasteiger partial charge in [-0.2, -0.15) is 0 Å². The molecule has 0 spiro atoms. The third kappa shape index (κ3) is 2.56. The van der Waals surface area contributed by atoms with Gasteiger partial charge < -0.3 is 30.5 Å². The summed E-state index contributed by atoms with van der Waals surface area (Å²) in [6.45, 7) is 1.60. The van der Waals surface area contributed by atoms with Gasteiger partial charge in [-0.05, 0) is 31.2 Å². The quantitative estimate of drug-likeness (QED) is 0.530. The van der Waals surface area contributed by atoms with Crippen molar-refractivity contribution in [3.05, 3.63) is 24.3 Å². The van der Waals surface area contributed by atoms with Crippen molar-refractivity contribution >= 4 is 5.69 Å². The first kappa shape index (κ1) is 13.1. The predicted molar refractivity (Wildman–Crippen MR) is 63.8 cm³/mol. The van der Waals surface area contributed by atoms with E-state index in [4.69, 9.17) is 15.2 Å². The van der Waals surface area contributed by atoms with E-state index < -0.39 is 30.7 Å². The monoisotopic (exact) mass is 255 g/mol. The van der Waals surface area contributed by atoms with Gasteiger partial charge in [0, 0.05) is 5.69 Å². The van der Waals surface area contributed by atoms with Crippen LogP contribution in [-0.4, -0.2) is 46.0 Å². The molecule has 6 nitrogen and oxygen atoms in total. The Morgan fingerprint density at radius 1 is 1.06 bits per heavy atom. The number of aliphatic hydroxyl groups is 3. The maximum atomic E-state index is 9.76. The number of benzene rings is 1. The van der Waals surface area contributed by atoms with E-state index in [-0.39, 0.29) is 0 Å². The zero-order valence-corrected chi connectivity index (χ0v) is 9.93. The molecule has 18 heavy (non-hydrogen) atoms. The van der Waals surface area contributed by atoms with E-state index >= 15 is 0 Å². The van der Waals surface area contributed by atoms with Crippen molar-refractivity contribution in [2.24, 2.45) is 0 Å². The number of rotatable bonds is 2. The lowest BCUT2D eigenvalue weighted by Crippen LogP contribution is -2.58. The van der Waals surface area contributed by atoms with Crippen molar-refractivity contribution in [1.82, 2.24) is 0 Å². The molecule has 0 aromatic heterocycles. The first-order chi connectivity index (χ1) is 8.49. The first-order valence-electron chi connectivity index (χ1n) is 5.71. The zero-order valence-electron chi connectivity index (χ0n) is 9.93. The van der Waals surface area contributed by atoms with Gasteiger partial charge in [-0.15, -0.1) is 0 Å². The summed E-state index contributed by atoms with van der Waals surface area (Å²) in [4.78, 5) is 0. The molecule has 1 heterocycles. The number of hydrogen-bond acceptors (Lipinski definition) is 6. The van der Waals surface area contributed by atoms with Crippen LogP contribution in [0.2, 0.25) is 0 Å². The molecule has 0 aliphatic carbocycles. The lowest BCUT2D eigenvalue weighted by atomic mass is 10.00. The van der Waals surface area contributed by atoms with Crippen molar-refractivity contribution in [3.8, 4) is 5.75 Å². The van der Waals surface area contributed by atoms with E-state index in [2.05, 4.69) is 0 Å². The third-order valence-corrected chi connectivity index (χ3v) is 2.94. The van der Waals surface area contributed by atoms with Gasteiger partial charge in [-0.3, -0.25) is 0 Å². The molecule has 1 aliphatic rings. The van der Waals surface area contributed by atoms with Crippen molar-refractivity contribution in [3.63, 3.8) is 0 Å². The summed E-state index contributed by atoms with van der Waals surface area (Å²) < 4.78 is 10.7. The van der Waals surface area contributed by atoms with Crippen LogP contribution < -0.4 is 10.5 Å². The molecule has 0 saturated carbocycles. The average Bonchev–Trinajstić information content (AvgIpc) is 2.36. The summed E-state index contributed by atoms with van der Waals surface area (Å²) in [6, 6.07) is 6.57. The Bertz CT molecular complexity index is 396. The second-order valence-corrected chi connectivity index (χ2v) is 4.37. The highest BCUT2D eigenvalue weighted by Gasteiger charge is 2.43. The smallest absolute Gasteiger partial charge is 0.229 e. The molecule has 1 saturated heterocycles. The number of nitrogen functional groups attached to an aromatic ring is 1. The molecule has 1 aromatic rings. The Kier molecular flexibility index (Phi) is 3.72. The van der Waals surface area contributed by atoms with Gasteiger partial charge in [0.2, 0.25) is 6.29 Å². The molecule has 1 aliphatic heterocycles. The molecule has 0 amide bonds. The number of ether oxygens (including phenoxy) is 2. The van der Waals surface area contributed by atoms with E-state index in [0.717, 1.165) is 0 Å². The number of anilines is 1. The highest BCUT2D eigenvalue weighted by molar-refractivity contribution is 5.41. The molecule has 1 aromatic carbocycles. The van der Waals surface area contributed by atoms with Gasteiger partial charge in [0.15, 0.2) is 0 Å². The summed E-state index contributed by atoms with van der Waals surface area (Å²) in [5.41, 5.74) is 6.13. The Hall–Kier alpha value is -1.34. The summed E-state index contributed by atoms with van der Waals surface area (Å²) in [7, 11) is 0. The predicted octanol–water partition coefficient (Wildman–Crippen LogP) is -0.525. The number of aliphatic hydroxyl groups excluding tert-OH is 3. The van der Waals surface area contributed by atoms with E-state index in [0.29, 0.717) is 11.4 Å². The number of nitrogens with two attached hydrogens (primary N) is 1. The molecule has 100 valence electrons. The highest BCUT2D eigenvalue weighted by atomic mass is 16.7. The summed E-state index contributed by atoms with van der Waals surface area (Å²) in [5, 5.41) is 28.9. The van der Waals surface area contributed by atoms with E-state index in [1.807, 2.05) is 0 Å². The lowest BCUT2D eigenvalue weighted by molar-refractivity contribution is -0.268. The number of hydrogen-bond donors (Lipinski definition) is 4. The second-order valence-electron chi connectivity index (χ2n) is 4.37. The van der Waals surface area contributed by atoms with Gasteiger partial charge in [0.05, 0.1) is 6.10 Å². The first-order valence-corrected chi connectivity index (χ1v) is 5.71. The largest absolute Gasteiger partial charge is 0.462 e. The maximum Gasteiger partial charge on any atom is 0.229 e. The SMILES string of the molecule is C[C@@H]1O[C@H](Oc2ccc(N)cc2)[C@@H](O)[C@H](O)[C@@H]1O. The second kappa shape index (κ2) is 5.11. The van der Waals surface area contributed by atoms with Crippen LogP contribution in [0.1, 0.15) is 6.92 Å². The standard InChI is InChI=1S/C12H17NO5/c1-6-9(14)10(15)11(16)12(17-6)18-8-4-2-7(13)3-5-8/h2-6,9-12,14-16H,13H2,1H3/t6-,9+,10+,11-,12+/m0/s1. The summed E-state index contributed by atoms with van der Waals surface area (Å²) in [5.74, 6) is 0.462. The van der Waals surface area contributed by atoms with Crippen LogP contribution >= 0.6 is 0 Å². The fraction of sp³-hybridized carbons (Fsp3) is 0.500. The Morgan fingerprint density at radius 3 is 2.28 bits per heavy atom. The van der Waals surface area contributed by atoms with Crippen molar-refractivity contribution in [2.45, 2.75) is 37.6 Å². The van der Waals surface area contributed by atoms with Gasteiger partial charge in [-0.1, -0.05) is 0 Å². The van der Waals surface area contributed by atoms with Gasteiger partial charge in [0.25, 0.3) is 0 Å². The van der Waals surface area contributed by atoms with Crippen molar-refractivity contribution < 1.29 is 24.8 Å². The van der Waals surface area contributed by atoms with Crippen molar-refractivity contribution in [1.29, 1.82) is 0 Å². The molecule has 0 unspecified atom stereocenters. The van der Waals surface area contributed by atoms with Crippen LogP contribution in [0.5, 0.6) is 5.75 Å². The van der Waals surface area contributed by atoms with Crippen molar-refractivity contribution in [2.75, 3.05) is 5.73 Å². The van der Waals surface area contributed by atoms with Crippen LogP contribution in [0.4, 0.5) is 5.69 Å². The summed E-state index contributed by atoms with van der Waals surface area (Å²) in [6.07, 6.45) is -5.39. The molecule has 6 heteroatoms. The minimum Gasteiger partial charge on any atom is -0.462 e. The van der Waals surface area contributed by atoms with Gasteiger partial charge >= 0.3 is 0 Å². The molecular weight excluding hydrogens is 238 g/mol. The molecule has 2 rings (SSSR count). The summed E-state index contributed by atoms with van der Waals surface area (Å²) >= 11 is 0. The van der Waals surface area contributed by atoms with Crippen LogP contribution in [0, 0.1) is 0 Å². The molecule has 0 radical (unpaired) electrons. The van der Waals surface area contributed by atoms with Gasteiger partial charge in [-0.25, -0.2) is 0 Å².